The van der Waals surface area contributed by atoms with E-state index in [0.717, 1.165) is 18.2 Å². The molecule has 12 heteroatoms. The van der Waals surface area contributed by atoms with E-state index in [2.05, 4.69) is 0 Å². The van der Waals surface area contributed by atoms with Gasteiger partial charge in [-0.2, -0.15) is 48.3 Å². The third kappa shape index (κ3) is 2.71. The van der Waals surface area contributed by atoms with Gasteiger partial charge in [0, 0.05) is 5.56 Å². The molecule has 1 nitrogen and oxygen atoms in total. The van der Waals surface area contributed by atoms with E-state index >= 15 is 0 Å². The molecule has 1 aromatic rings. The first-order chi connectivity index (χ1) is 10.5. The zero-order valence-corrected chi connectivity index (χ0v) is 11.0. The van der Waals surface area contributed by atoms with Crippen LogP contribution in [-0.2, 0) is 0 Å². The largest absolute Gasteiger partial charge is 0.418 e. The van der Waals surface area contributed by atoms with Crippen LogP contribution < -0.4 is 0 Å². The molecule has 1 aromatic carbocycles. The molecular weight excluding hydrogens is 369 g/mol. The Morgan fingerprint density at radius 1 is 0.625 bits per heavy atom. The summed E-state index contributed by atoms with van der Waals surface area (Å²) in [6.45, 7) is 0. The Labute approximate surface area is 126 Å². The van der Waals surface area contributed by atoms with E-state index < -0.39 is 41.2 Å². The summed E-state index contributed by atoms with van der Waals surface area (Å²) in [5.41, 5.74) is -8.99. The highest BCUT2D eigenvalue weighted by Crippen LogP contribution is 2.66. The smallest absolute Gasteiger partial charge is 0.287 e. The molecule has 0 aliphatic heterocycles. The van der Waals surface area contributed by atoms with Crippen LogP contribution in [0.5, 0.6) is 0 Å². The van der Waals surface area contributed by atoms with Crippen LogP contribution in [0.4, 0.5) is 48.3 Å². The molecule has 0 amide bonds. The van der Waals surface area contributed by atoms with Gasteiger partial charge >= 0.3 is 29.9 Å². The molecule has 0 atom stereocenters. The highest BCUT2D eigenvalue weighted by molar-refractivity contribution is 6.02. The van der Waals surface area contributed by atoms with Crippen molar-refractivity contribution in [1.82, 2.24) is 0 Å². The molecule has 1 rings (SSSR count). The second kappa shape index (κ2) is 5.59. The summed E-state index contributed by atoms with van der Waals surface area (Å²) in [6.07, 6.45) is -22.6. The molecule has 0 N–H and O–H groups in total. The monoisotopic (exact) mass is 374 g/mol. The lowest BCUT2D eigenvalue weighted by molar-refractivity contribution is -0.465. The van der Waals surface area contributed by atoms with Crippen molar-refractivity contribution in [3.63, 3.8) is 0 Å². The van der Waals surface area contributed by atoms with Crippen LogP contribution in [0.15, 0.2) is 30.3 Å². The third-order valence-electron chi connectivity index (χ3n) is 3.07. The Bertz CT molecular complexity index is 558. The second-order valence-electron chi connectivity index (χ2n) is 4.51. The second-order valence-corrected chi connectivity index (χ2v) is 4.51. The van der Waals surface area contributed by atoms with Crippen LogP contribution in [0.3, 0.4) is 0 Å². The molecule has 0 aromatic heterocycles. The highest BCUT2D eigenvalue weighted by atomic mass is 19.4. The lowest BCUT2D eigenvalue weighted by atomic mass is 9.75. The summed E-state index contributed by atoms with van der Waals surface area (Å²) in [4.78, 5) is 11.4. The van der Waals surface area contributed by atoms with E-state index in [1.165, 1.54) is 0 Å². The van der Waals surface area contributed by atoms with Gasteiger partial charge in [0.15, 0.2) is 0 Å². The lowest BCUT2D eigenvalue weighted by Gasteiger charge is -2.42. The number of carbonyl (C=O) groups is 1. The first kappa shape index (κ1) is 20.2. The van der Waals surface area contributed by atoms with Crippen molar-refractivity contribution in [3.05, 3.63) is 35.9 Å². The number of Topliss-reactive ketones (excluding diaryl/α,β-unsaturated/α-hetero) is 1. The van der Waals surface area contributed by atoms with Gasteiger partial charge in [-0.05, 0) is 0 Å². The topological polar surface area (TPSA) is 17.1 Å². The van der Waals surface area contributed by atoms with E-state index in [1.54, 1.807) is 0 Å². The number of benzene rings is 1. The molecule has 0 aliphatic carbocycles. The van der Waals surface area contributed by atoms with Gasteiger partial charge in [-0.15, -0.1) is 0 Å². The van der Waals surface area contributed by atoms with Crippen molar-refractivity contribution in [1.29, 1.82) is 0 Å². The maximum Gasteiger partial charge on any atom is 0.418 e. The highest BCUT2D eigenvalue weighted by Gasteiger charge is 2.94. The Morgan fingerprint density at radius 2 is 0.958 bits per heavy atom. The summed E-state index contributed by atoms with van der Waals surface area (Å²) >= 11 is 0. The molecule has 0 saturated carbocycles. The van der Waals surface area contributed by atoms with E-state index in [1.807, 2.05) is 0 Å². The Morgan fingerprint density at radius 3 is 1.25 bits per heavy atom. The number of halogens is 11. The Hall–Kier alpha value is -1.88. The quantitative estimate of drug-likeness (QED) is 0.527. The molecule has 136 valence electrons. The summed E-state index contributed by atoms with van der Waals surface area (Å²) < 4.78 is 142. The summed E-state index contributed by atoms with van der Waals surface area (Å²) in [5.74, 6) is -10.1. The van der Waals surface area contributed by atoms with Crippen LogP contribution >= 0.6 is 0 Å². The fourth-order valence-corrected chi connectivity index (χ4v) is 1.96. The average molecular weight is 374 g/mol. The van der Waals surface area contributed by atoms with Crippen LogP contribution in [0.1, 0.15) is 10.4 Å². The third-order valence-corrected chi connectivity index (χ3v) is 3.07. The van der Waals surface area contributed by atoms with Gasteiger partial charge in [0.25, 0.3) is 0 Å². The number of hydrogen-bond donors (Lipinski definition) is 0. The minimum Gasteiger partial charge on any atom is -0.287 e. The summed E-state index contributed by atoms with van der Waals surface area (Å²) in [6, 6.07) is 3.34. The van der Waals surface area contributed by atoms with Gasteiger partial charge in [-0.25, -0.2) is 0 Å². The van der Waals surface area contributed by atoms with Gasteiger partial charge in [0.2, 0.25) is 5.78 Å². The minimum absolute atomic E-state index is 0.365. The molecule has 0 saturated heterocycles. The maximum atomic E-state index is 13.8. The Kier molecular flexibility index (Phi) is 4.69. The van der Waals surface area contributed by atoms with Gasteiger partial charge in [0.1, 0.15) is 0 Å². The molecule has 24 heavy (non-hydrogen) atoms. The average Bonchev–Trinajstić information content (AvgIpc) is 2.33. The van der Waals surface area contributed by atoms with E-state index in [-0.39, 0.29) is 0 Å². The van der Waals surface area contributed by atoms with Crippen LogP contribution in [0.2, 0.25) is 0 Å². The standard InChI is InChI=1S/C12H5F11O/c13-8(14,7(24)6-4-2-1-3-5-6)9(10(15,16)17,11(18,19)20)12(21,22)23/h1-5H. The fourth-order valence-electron chi connectivity index (χ4n) is 1.96. The molecule has 0 bridgehead atoms. The zero-order valence-electron chi connectivity index (χ0n) is 11.0. The fraction of sp³-hybridized carbons (Fsp3) is 0.417. The number of ketones is 1. The van der Waals surface area contributed by atoms with Crippen molar-refractivity contribution in [2.45, 2.75) is 24.5 Å². The first-order valence-electron chi connectivity index (χ1n) is 5.69. The number of alkyl halides is 11. The molecule has 0 heterocycles. The van der Waals surface area contributed by atoms with Gasteiger partial charge in [0.05, 0.1) is 0 Å². The van der Waals surface area contributed by atoms with Crippen LogP contribution in [0, 0.1) is 5.41 Å². The molecule has 0 spiro atoms. The molecule has 0 radical (unpaired) electrons. The molecular formula is C12H5F11O. The SMILES string of the molecule is O=C(c1ccccc1)C(F)(F)C(C(F)(F)F)(C(F)(F)F)C(F)(F)F. The van der Waals surface area contributed by atoms with E-state index in [4.69, 9.17) is 0 Å². The Balaban J connectivity index is 3.81. The van der Waals surface area contributed by atoms with E-state index in [0.29, 0.717) is 12.1 Å². The number of rotatable bonds is 3. The van der Waals surface area contributed by atoms with Crippen molar-refractivity contribution in [2.24, 2.45) is 5.41 Å². The van der Waals surface area contributed by atoms with Crippen molar-refractivity contribution < 1.29 is 53.1 Å². The normalized spacial score (nSPS) is 14.6. The zero-order chi connectivity index (χ0) is 19.2. The van der Waals surface area contributed by atoms with Crippen molar-refractivity contribution >= 4 is 5.78 Å². The van der Waals surface area contributed by atoms with Crippen LogP contribution in [-0.4, -0.2) is 30.2 Å². The summed E-state index contributed by atoms with van der Waals surface area (Å²) in [5, 5.41) is 0. The van der Waals surface area contributed by atoms with Gasteiger partial charge in [-0.3, -0.25) is 4.79 Å². The summed E-state index contributed by atoms with van der Waals surface area (Å²) in [7, 11) is 0. The van der Waals surface area contributed by atoms with Crippen molar-refractivity contribution in [3.8, 4) is 0 Å². The first-order valence-corrected chi connectivity index (χ1v) is 5.69. The predicted octanol–water partition coefficient (Wildman–Crippen LogP) is 5.18. The predicted molar refractivity (Wildman–Crippen MR) is 56.3 cm³/mol. The van der Waals surface area contributed by atoms with Gasteiger partial charge < -0.3 is 0 Å². The van der Waals surface area contributed by atoms with E-state index in [9.17, 15) is 53.1 Å². The van der Waals surface area contributed by atoms with Crippen LogP contribution in [0.25, 0.3) is 0 Å². The maximum absolute atomic E-state index is 13.8. The molecule has 0 unspecified atom stereocenters. The van der Waals surface area contributed by atoms with Gasteiger partial charge in [-0.1, -0.05) is 30.3 Å². The minimum atomic E-state index is -7.55. The lowest BCUT2D eigenvalue weighted by Crippen LogP contribution is -2.70. The molecule has 0 aliphatic rings. The number of carbonyl (C=O) groups excluding carboxylic acids is 1. The molecule has 0 fully saturated rings. The number of hydrogen-bond acceptors (Lipinski definition) is 1. The van der Waals surface area contributed by atoms with Crippen molar-refractivity contribution in [2.75, 3.05) is 0 Å².